The predicted octanol–water partition coefficient (Wildman–Crippen LogP) is 3.03. The average molecular weight is 371 g/mol. The van der Waals surface area contributed by atoms with Crippen LogP contribution in [0.2, 0.25) is 5.02 Å². The van der Waals surface area contributed by atoms with Gasteiger partial charge in [0.1, 0.15) is 0 Å². The van der Waals surface area contributed by atoms with Crippen molar-refractivity contribution in [1.29, 1.82) is 0 Å². The molecule has 130 valence electrons. The number of benzene rings is 1. The van der Waals surface area contributed by atoms with Crippen molar-refractivity contribution in [1.82, 2.24) is 10.0 Å². The first-order valence-corrected chi connectivity index (χ1v) is 8.97. The summed E-state index contributed by atoms with van der Waals surface area (Å²) in [6.07, 6.45) is -3.11. The Hall–Kier alpha value is -0.830. The molecule has 1 aromatic carbocycles. The van der Waals surface area contributed by atoms with E-state index >= 15 is 0 Å². The van der Waals surface area contributed by atoms with Gasteiger partial charge in [-0.3, -0.25) is 0 Å². The summed E-state index contributed by atoms with van der Waals surface area (Å²) in [6.45, 7) is 3.72. The van der Waals surface area contributed by atoms with E-state index in [1.807, 2.05) is 6.92 Å². The van der Waals surface area contributed by atoms with E-state index in [0.717, 1.165) is 38.1 Å². The van der Waals surface area contributed by atoms with Gasteiger partial charge in [-0.15, -0.1) is 0 Å². The highest BCUT2D eigenvalue weighted by molar-refractivity contribution is 7.89. The highest BCUT2D eigenvalue weighted by Gasteiger charge is 2.35. The van der Waals surface area contributed by atoms with Gasteiger partial charge in [0.05, 0.1) is 15.5 Å². The Balaban J connectivity index is 2.19. The smallest absolute Gasteiger partial charge is 0.317 e. The third kappa shape index (κ3) is 4.59. The van der Waals surface area contributed by atoms with Gasteiger partial charge in [0.25, 0.3) is 0 Å². The molecule has 0 bridgehead atoms. The summed E-state index contributed by atoms with van der Waals surface area (Å²) in [4.78, 5) is -0.438. The van der Waals surface area contributed by atoms with Gasteiger partial charge in [0.2, 0.25) is 10.0 Å². The molecule has 2 rings (SSSR count). The molecule has 1 fully saturated rings. The lowest BCUT2D eigenvalue weighted by molar-refractivity contribution is -0.137. The van der Waals surface area contributed by atoms with Crippen molar-refractivity contribution in [3.05, 3.63) is 28.8 Å². The Morgan fingerprint density at radius 2 is 1.91 bits per heavy atom. The summed E-state index contributed by atoms with van der Waals surface area (Å²) in [5.74, 6) is 0. The van der Waals surface area contributed by atoms with Gasteiger partial charge in [-0.25, -0.2) is 13.1 Å². The van der Waals surface area contributed by atoms with Crippen LogP contribution in [0.1, 0.15) is 25.3 Å². The van der Waals surface area contributed by atoms with Gasteiger partial charge in [-0.1, -0.05) is 18.5 Å². The zero-order chi connectivity index (χ0) is 17.3. The number of hydrogen-bond acceptors (Lipinski definition) is 3. The Morgan fingerprint density at radius 3 is 2.48 bits per heavy atom. The number of nitrogens with one attached hydrogen (secondary N) is 2. The molecule has 0 atom stereocenters. The number of hydrogen-bond donors (Lipinski definition) is 2. The predicted molar refractivity (Wildman–Crippen MR) is 81.9 cm³/mol. The molecule has 0 saturated carbocycles. The van der Waals surface area contributed by atoms with Crippen molar-refractivity contribution in [2.45, 2.75) is 30.8 Å². The lowest BCUT2D eigenvalue weighted by Crippen LogP contribution is -2.42. The second-order valence-corrected chi connectivity index (χ2v) is 8.20. The molecule has 9 heteroatoms. The second kappa shape index (κ2) is 6.58. The van der Waals surface area contributed by atoms with Crippen LogP contribution in [-0.2, 0) is 16.2 Å². The molecule has 4 nitrogen and oxygen atoms in total. The van der Waals surface area contributed by atoms with Crippen LogP contribution in [0.15, 0.2) is 23.1 Å². The first-order chi connectivity index (χ1) is 10.5. The van der Waals surface area contributed by atoms with Crippen molar-refractivity contribution in [3.8, 4) is 0 Å². The molecule has 0 unspecified atom stereocenters. The first kappa shape index (κ1) is 18.5. The first-order valence-electron chi connectivity index (χ1n) is 7.11. The lowest BCUT2D eigenvalue weighted by atomic mass is 9.81. The molecule has 1 heterocycles. The molecule has 0 aromatic heterocycles. The van der Waals surface area contributed by atoms with Gasteiger partial charge in [-0.2, -0.15) is 13.2 Å². The van der Waals surface area contributed by atoms with E-state index in [1.54, 1.807) is 0 Å². The van der Waals surface area contributed by atoms with Crippen LogP contribution in [0, 0.1) is 5.41 Å². The van der Waals surface area contributed by atoms with Crippen LogP contribution in [0.25, 0.3) is 0 Å². The van der Waals surface area contributed by atoms with E-state index in [2.05, 4.69) is 10.0 Å². The van der Waals surface area contributed by atoms with Crippen LogP contribution in [0.4, 0.5) is 13.2 Å². The van der Waals surface area contributed by atoms with Crippen molar-refractivity contribution < 1.29 is 21.6 Å². The Morgan fingerprint density at radius 1 is 1.30 bits per heavy atom. The minimum absolute atomic E-state index is 0.182. The number of piperidine rings is 1. The van der Waals surface area contributed by atoms with Crippen molar-refractivity contribution in [2.24, 2.45) is 5.41 Å². The summed E-state index contributed by atoms with van der Waals surface area (Å²) in [5, 5.41) is 2.66. The quantitative estimate of drug-likeness (QED) is 0.856. The number of rotatable bonds is 4. The van der Waals surface area contributed by atoms with Crippen LogP contribution in [-0.4, -0.2) is 28.1 Å². The largest absolute Gasteiger partial charge is 0.417 e. The molecule has 2 N–H and O–H groups in total. The van der Waals surface area contributed by atoms with E-state index < -0.39 is 31.7 Å². The van der Waals surface area contributed by atoms with Crippen molar-refractivity contribution >= 4 is 21.6 Å². The van der Waals surface area contributed by atoms with Gasteiger partial charge >= 0.3 is 6.18 Å². The van der Waals surface area contributed by atoms with Gasteiger partial charge in [-0.05, 0) is 49.5 Å². The summed E-state index contributed by atoms with van der Waals surface area (Å²) in [6, 6.07) is 2.59. The highest BCUT2D eigenvalue weighted by atomic mass is 35.5. The molecule has 1 aliphatic heterocycles. The zero-order valence-corrected chi connectivity index (χ0v) is 14.1. The van der Waals surface area contributed by atoms with Crippen molar-refractivity contribution in [2.75, 3.05) is 19.6 Å². The lowest BCUT2D eigenvalue weighted by Gasteiger charge is -2.34. The third-order valence-corrected chi connectivity index (χ3v) is 5.78. The number of alkyl halides is 3. The molecule has 0 amide bonds. The fourth-order valence-electron chi connectivity index (χ4n) is 2.45. The van der Waals surface area contributed by atoms with Crippen LogP contribution >= 0.6 is 11.6 Å². The Labute approximate surface area is 138 Å². The Bertz CT molecular complexity index is 671. The summed E-state index contributed by atoms with van der Waals surface area (Å²) in [5.41, 5.74) is -1.37. The second-order valence-electron chi connectivity index (χ2n) is 6.02. The molecule has 23 heavy (non-hydrogen) atoms. The maximum absolute atomic E-state index is 12.8. The van der Waals surface area contributed by atoms with Gasteiger partial charge in [0, 0.05) is 6.54 Å². The number of halogens is 4. The molecular formula is C14H18ClF3N2O2S. The molecule has 1 aliphatic rings. The monoisotopic (exact) mass is 370 g/mol. The van der Waals surface area contributed by atoms with Gasteiger partial charge in [0.15, 0.2) is 0 Å². The molecule has 0 spiro atoms. The van der Waals surface area contributed by atoms with Crippen LogP contribution in [0.3, 0.4) is 0 Å². The standard InChI is InChI=1S/C14H18ClF3N2O2S/c1-13(4-6-19-7-5-13)9-20-23(21,22)10-2-3-12(15)11(8-10)14(16,17)18/h2-3,8,19-20H,4-7,9H2,1H3. The summed E-state index contributed by atoms with van der Waals surface area (Å²) >= 11 is 5.51. The third-order valence-electron chi connectivity index (χ3n) is 4.05. The van der Waals surface area contributed by atoms with Gasteiger partial charge < -0.3 is 5.32 Å². The average Bonchev–Trinajstić information content (AvgIpc) is 2.45. The summed E-state index contributed by atoms with van der Waals surface area (Å²) < 4.78 is 65.5. The van der Waals surface area contributed by atoms with E-state index in [4.69, 9.17) is 11.6 Å². The van der Waals surface area contributed by atoms with Crippen LogP contribution in [0.5, 0.6) is 0 Å². The SMILES string of the molecule is CC1(CNS(=O)(=O)c2ccc(Cl)c(C(F)(F)F)c2)CCNCC1. The van der Waals surface area contributed by atoms with Crippen molar-refractivity contribution in [3.63, 3.8) is 0 Å². The maximum Gasteiger partial charge on any atom is 0.417 e. The van der Waals surface area contributed by atoms with Crippen LogP contribution < -0.4 is 10.0 Å². The molecule has 0 radical (unpaired) electrons. The van der Waals surface area contributed by atoms with E-state index in [1.165, 1.54) is 0 Å². The van der Waals surface area contributed by atoms with E-state index in [-0.39, 0.29) is 12.0 Å². The molecule has 1 aromatic rings. The van der Waals surface area contributed by atoms with E-state index in [0.29, 0.717) is 6.07 Å². The topological polar surface area (TPSA) is 58.2 Å². The minimum atomic E-state index is -4.70. The highest BCUT2D eigenvalue weighted by Crippen LogP contribution is 2.36. The minimum Gasteiger partial charge on any atom is -0.317 e. The Kier molecular flexibility index (Phi) is 5.30. The molecule has 1 saturated heterocycles. The van der Waals surface area contributed by atoms with E-state index in [9.17, 15) is 21.6 Å². The molecular weight excluding hydrogens is 353 g/mol. The summed E-state index contributed by atoms with van der Waals surface area (Å²) in [7, 11) is -4.03. The zero-order valence-electron chi connectivity index (χ0n) is 12.5. The maximum atomic E-state index is 12.8. The number of sulfonamides is 1. The fraction of sp³-hybridized carbons (Fsp3) is 0.571. The fourth-order valence-corrected chi connectivity index (χ4v) is 3.90. The normalized spacial score (nSPS) is 18.8. The molecule has 0 aliphatic carbocycles.